The first-order valence-electron chi connectivity index (χ1n) is 8.56. The fourth-order valence-corrected chi connectivity index (χ4v) is 3.67. The fraction of sp³-hybridized carbons (Fsp3) is 0.300. The van der Waals surface area contributed by atoms with E-state index < -0.39 is 0 Å². The van der Waals surface area contributed by atoms with Crippen molar-refractivity contribution in [3.8, 4) is 0 Å². The largest absolute Gasteiger partial charge is 0.343 e. The van der Waals surface area contributed by atoms with Gasteiger partial charge in [0.2, 0.25) is 5.91 Å². The number of halogens is 1. The first-order valence-corrected chi connectivity index (χ1v) is 9.36. The van der Waals surface area contributed by atoms with E-state index in [0.717, 1.165) is 41.5 Å². The highest BCUT2D eigenvalue weighted by atomic mass is 79.9. The second-order valence-corrected chi connectivity index (χ2v) is 7.66. The van der Waals surface area contributed by atoms with Gasteiger partial charge in [0.25, 0.3) is 5.91 Å². The Kier molecular flexibility index (Phi) is 4.12. The van der Waals surface area contributed by atoms with Crippen LogP contribution in [0.5, 0.6) is 0 Å². The molecule has 1 aliphatic carbocycles. The molecule has 0 unspecified atom stereocenters. The van der Waals surface area contributed by atoms with Gasteiger partial charge in [-0.3, -0.25) is 9.59 Å². The Morgan fingerprint density at radius 2 is 1.88 bits per heavy atom. The Hall–Kier alpha value is -2.14. The SMILES string of the molecule is O=C(NC1(c2ccc(Br)cc2)CC1)c1cccc(N2CCCC2=O)c1. The molecule has 128 valence electrons. The molecule has 4 rings (SSSR count). The van der Waals surface area contributed by atoms with Gasteiger partial charge in [-0.15, -0.1) is 0 Å². The summed E-state index contributed by atoms with van der Waals surface area (Å²) in [6, 6.07) is 15.5. The second kappa shape index (κ2) is 6.30. The molecule has 5 heteroatoms. The van der Waals surface area contributed by atoms with Crippen molar-refractivity contribution < 1.29 is 9.59 Å². The molecule has 0 spiro atoms. The molecule has 4 nitrogen and oxygen atoms in total. The molecule has 2 aromatic carbocycles. The molecule has 0 atom stereocenters. The normalized spacial score (nSPS) is 18.3. The van der Waals surface area contributed by atoms with Crippen molar-refractivity contribution in [3.63, 3.8) is 0 Å². The van der Waals surface area contributed by atoms with Crippen molar-refractivity contribution in [1.82, 2.24) is 5.32 Å². The van der Waals surface area contributed by atoms with E-state index in [1.54, 1.807) is 11.0 Å². The van der Waals surface area contributed by atoms with Crippen LogP contribution in [0.15, 0.2) is 53.0 Å². The molecule has 0 aromatic heterocycles. The zero-order chi connectivity index (χ0) is 17.4. The smallest absolute Gasteiger partial charge is 0.252 e. The average molecular weight is 399 g/mol. The van der Waals surface area contributed by atoms with Crippen molar-refractivity contribution in [2.24, 2.45) is 0 Å². The van der Waals surface area contributed by atoms with Gasteiger partial charge in [0.1, 0.15) is 0 Å². The van der Waals surface area contributed by atoms with E-state index in [2.05, 4.69) is 33.4 Å². The quantitative estimate of drug-likeness (QED) is 0.845. The predicted molar refractivity (Wildman–Crippen MR) is 101 cm³/mol. The van der Waals surface area contributed by atoms with Gasteiger partial charge in [-0.1, -0.05) is 34.1 Å². The molecule has 0 radical (unpaired) electrons. The number of hydrogen-bond acceptors (Lipinski definition) is 2. The number of carbonyl (C=O) groups excluding carboxylic acids is 2. The van der Waals surface area contributed by atoms with Gasteiger partial charge in [-0.05, 0) is 55.2 Å². The molecule has 0 bridgehead atoms. The Labute approximate surface area is 155 Å². The van der Waals surface area contributed by atoms with Gasteiger partial charge in [-0.2, -0.15) is 0 Å². The maximum atomic E-state index is 12.8. The van der Waals surface area contributed by atoms with Crippen molar-refractivity contribution >= 4 is 33.4 Å². The van der Waals surface area contributed by atoms with Crippen LogP contribution in [0.25, 0.3) is 0 Å². The van der Waals surface area contributed by atoms with Crippen LogP contribution < -0.4 is 10.2 Å². The van der Waals surface area contributed by atoms with Gasteiger partial charge in [-0.25, -0.2) is 0 Å². The molecular weight excluding hydrogens is 380 g/mol. The van der Waals surface area contributed by atoms with E-state index >= 15 is 0 Å². The molecule has 25 heavy (non-hydrogen) atoms. The van der Waals surface area contributed by atoms with Crippen LogP contribution in [0, 0.1) is 0 Å². The molecule has 2 aliphatic rings. The summed E-state index contributed by atoms with van der Waals surface area (Å²) in [5, 5.41) is 3.19. The Morgan fingerprint density at radius 3 is 2.52 bits per heavy atom. The van der Waals surface area contributed by atoms with E-state index in [-0.39, 0.29) is 17.4 Å². The molecule has 2 fully saturated rings. The summed E-state index contributed by atoms with van der Waals surface area (Å²) in [6.45, 7) is 0.729. The standard InChI is InChI=1S/C20H19BrN2O2/c21-16-8-6-15(7-9-16)20(10-11-20)22-19(25)14-3-1-4-17(13-14)23-12-2-5-18(23)24/h1,3-4,6-9,13H,2,5,10-12H2,(H,22,25). The van der Waals surface area contributed by atoms with Crippen LogP contribution in [0.2, 0.25) is 0 Å². The molecule has 1 N–H and O–H groups in total. The third kappa shape index (κ3) is 3.21. The van der Waals surface area contributed by atoms with Crippen molar-refractivity contribution in [3.05, 3.63) is 64.1 Å². The predicted octanol–water partition coefficient (Wildman–Crippen LogP) is 4.00. The molecule has 1 saturated heterocycles. The van der Waals surface area contributed by atoms with E-state index in [9.17, 15) is 9.59 Å². The highest BCUT2D eigenvalue weighted by Crippen LogP contribution is 2.46. The molecule has 1 saturated carbocycles. The minimum absolute atomic E-state index is 0.0890. The van der Waals surface area contributed by atoms with Gasteiger partial charge < -0.3 is 10.2 Å². The number of anilines is 1. The molecule has 2 amide bonds. The monoisotopic (exact) mass is 398 g/mol. The van der Waals surface area contributed by atoms with Gasteiger partial charge in [0, 0.05) is 28.7 Å². The van der Waals surface area contributed by atoms with Crippen LogP contribution in [0.3, 0.4) is 0 Å². The van der Waals surface area contributed by atoms with Gasteiger partial charge >= 0.3 is 0 Å². The van der Waals surface area contributed by atoms with Crippen molar-refractivity contribution in [1.29, 1.82) is 0 Å². The van der Waals surface area contributed by atoms with Crippen LogP contribution in [0.1, 0.15) is 41.6 Å². The lowest BCUT2D eigenvalue weighted by molar-refractivity contribution is -0.117. The van der Waals surface area contributed by atoms with Crippen LogP contribution >= 0.6 is 15.9 Å². The highest BCUT2D eigenvalue weighted by molar-refractivity contribution is 9.10. The average Bonchev–Trinajstić information content (AvgIpc) is 3.27. The zero-order valence-electron chi connectivity index (χ0n) is 13.8. The van der Waals surface area contributed by atoms with Gasteiger partial charge in [0.05, 0.1) is 5.54 Å². The van der Waals surface area contributed by atoms with Crippen LogP contribution in [-0.4, -0.2) is 18.4 Å². The number of amides is 2. The molecule has 2 aromatic rings. The Bertz CT molecular complexity index is 828. The van der Waals surface area contributed by atoms with E-state index in [1.165, 1.54) is 0 Å². The van der Waals surface area contributed by atoms with Gasteiger partial charge in [0.15, 0.2) is 0 Å². The summed E-state index contributed by atoms with van der Waals surface area (Å²) in [5.41, 5.74) is 2.29. The minimum Gasteiger partial charge on any atom is -0.343 e. The lowest BCUT2D eigenvalue weighted by Crippen LogP contribution is -2.35. The maximum Gasteiger partial charge on any atom is 0.252 e. The second-order valence-electron chi connectivity index (χ2n) is 6.74. The summed E-state index contributed by atoms with van der Waals surface area (Å²) in [5.74, 6) is 0.0417. The molecule has 1 heterocycles. The first kappa shape index (κ1) is 16.3. The van der Waals surface area contributed by atoms with Crippen molar-refractivity contribution in [2.45, 2.75) is 31.2 Å². The number of nitrogens with one attached hydrogen (secondary N) is 1. The van der Waals surface area contributed by atoms with E-state index in [1.807, 2.05) is 30.3 Å². The summed E-state index contributed by atoms with van der Waals surface area (Å²) >= 11 is 3.45. The third-order valence-electron chi connectivity index (χ3n) is 4.99. The number of benzene rings is 2. The number of hydrogen-bond donors (Lipinski definition) is 1. The Balaban J connectivity index is 1.53. The highest BCUT2D eigenvalue weighted by Gasteiger charge is 2.45. The zero-order valence-corrected chi connectivity index (χ0v) is 15.4. The third-order valence-corrected chi connectivity index (χ3v) is 5.52. The number of carbonyl (C=O) groups is 2. The minimum atomic E-state index is -0.253. The maximum absolute atomic E-state index is 12.8. The van der Waals surface area contributed by atoms with E-state index in [0.29, 0.717) is 12.0 Å². The summed E-state index contributed by atoms with van der Waals surface area (Å²) < 4.78 is 1.03. The molecule has 1 aliphatic heterocycles. The lowest BCUT2D eigenvalue weighted by atomic mass is 10.0. The Morgan fingerprint density at radius 1 is 1.12 bits per heavy atom. The summed E-state index contributed by atoms with van der Waals surface area (Å²) in [7, 11) is 0. The summed E-state index contributed by atoms with van der Waals surface area (Å²) in [4.78, 5) is 26.5. The van der Waals surface area contributed by atoms with Crippen molar-refractivity contribution in [2.75, 3.05) is 11.4 Å². The van der Waals surface area contributed by atoms with E-state index in [4.69, 9.17) is 0 Å². The molecular formula is C20H19BrN2O2. The number of nitrogens with zero attached hydrogens (tertiary/aromatic N) is 1. The topological polar surface area (TPSA) is 49.4 Å². The summed E-state index contributed by atoms with van der Waals surface area (Å²) in [6.07, 6.45) is 3.36. The number of rotatable bonds is 4. The fourth-order valence-electron chi connectivity index (χ4n) is 3.41. The first-order chi connectivity index (χ1) is 12.1. The lowest BCUT2D eigenvalue weighted by Gasteiger charge is -2.20. The van der Waals surface area contributed by atoms with Crippen LogP contribution in [-0.2, 0) is 10.3 Å². The van der Waals surface area contributed by atoms with Crippen LogP contribution in [0.4, 0.5) is 5.69 Å².